The van der Waals surface area contributed by atoms with E-state index in [0.717, 1.165) is 59.4 Å². The average Bonchev–Trinajstić information content (AvgIpc) is 3.14. The fourth-order valence-corrected chi connectivity index (χ4v) is 4.42. The fraction of sp³-hybridized carbons (Fsp3) is 0.161. The fourth-order valence-electron chi connectivity index (χ4n) is 4.42. The number of fused-ring (bicyclic) bond motifs is 1. The minimum atomic E-state index is -0.207. The molecule has 5 rings (SSSR count). The summed E-state index contributed by atoms with van der Waals surface area (Å²) < 4.78 is 6.13. The van der Waals surface area contributed by atoms with Crippen molar-refractivity contribution in [1.29, 1.82) is 0 Å². The Labute approximate surface area is 206 Å². The van der Waals surface area contributed by atoms with Gasteiger partial charge in [-0.1, -0.05) is 84.9 Å². The quantitative estimate of drug-likeness (QED) is 0.254. The molecule has 1 amide bonds. The summed E-state index contributed by atoms with van der Waals surface area (Å²) in [6.07, 6.45) is 4.15. The van der Waals surface area contributed by atoms with Crippen LogP contribution in [0.4, 0.5) is 0 Å². The van der Waals surface area contributed by atoms with Crippen LogP contribution in [-0.2, 0) is 13.0 Å². The lowest BCUT2D eigenvalue weighted by atomic mass is 10.0. The second-order valence-electron chi connectivity index (χ2n) is 8.71. The molecule has 4 aromatic carbocycles. The van der Waals surface area contributed by atoms with Gasteiger partial charge in [0.25, 0.3) is 5.91 Å². The minimum absolute atomic E-state index is 0.207. The first-order valence-corrected chi connectivity index (χ1v) is 12.1. The Hall–Kier alpha value is -4.18. The van der Waals surface area contributed by atoms with Crippen molar-refractivity contribution >= 4 is 11.6 Å². The number of carbonyl (C=O) groups excluding carboxylic acids is 1. The van der Waals surface area contributed by atoms with Crippen molar-refractivity contribution < 1.29 is 9.53 Å². The highest BCUT2D eigenvalue weighted by Crippen LogP contribution is 2.30. The van der Waals surface area contributed by atoms with E-state index in [9.17, 15) is 4.79 Å². The molecule has 0 fully saturated rings. The number of nitrogens with zero attached hydrogens (tertiary/aromatic N) is 1. The van der Waals surface area contributed by atoms with Crippen molar-refractivity contribution in [2.45, 2.75) is 32.3 Å². The van der Waals surface area contributed by atoms with Gasteiger partial charge in [0.05, 0.1) is 5.71 Å². The maximum Gasteiger partial charge on any atom is 0.271 e. The third-order valence-corrected chi connectivity index (χ3v) is 6.31. The second-order valence-corrected chi connectivity index (χ2v) is 8.71. The molecule has 0 aliphatic heterocycles. The number of aryl methyl sites for hydroxylation is 1. The van der Waals surface area contributed by atoms with Crippen LogP contribution in [0.1, 0.15) is 46.3 Å². The molecule has 35 heavy (non-hydrogen) atoms. The Morgan fingerprint density at radius 2 is 1.43 bits per heavy atom. The van der Waals surface area contributed by atoms with E-state index in [-0.39, 0.29) is 5.91 Å². The molecule has 1 aliphatic rings. The Bertz CT molecular complexity index is 1330. The summed E-state index contributed by atoms with van der Waals surface area (Å²) in [5.74, 6) is 0.626. The lowest BCUT2D eigenvalue weighted by Crippen LogP contribution is -2.20. The second kappa shape index (κ2) is 10.8. The number of amides is 1. The van der Waals surface area contributed by atoms with Gasteiger partial charge >= 0.3 is 0 Å². The van der Waals surface area contributed by atoms with Gasteiger partial charge in [-0.3, -0.25) is 4.79 Å². The van der Waals surface area contributed by atoms with E-state index in [1.807, 2.05) is 66.7 Å². The smallest absolute Gasteiger partial charge is 0.271 e. The Morgan fingerprint density at radius 1 is 0.743 bits per heavy atom. The van der Waals surface area contributed by atoms with Crippen molar-refractivity contribution in [3.8, 4) is 16.9 Å². The number of hydrogen-bond acceptors (Lipinski definition) is 3. The lowest BCUT2D eigenvalue weighted by Gasteiger charge is -2.12. The normalized spacial score (nSPS) is 14.1. The van der Waals surface area contributed by atoms with Crippen LogP contribution in [0.5, 0.6) is 5.75 Å². The molecule has 0 heterocycles. The number of rotatable bonds is 6. The topological polar surface area (TPSA) is 50.7 Å². The molecule has 0 bridgehead atoms. The third-order valence-electron chi connectivity index (χ3n) is 6.31. The van der Waals surface area contributed by atoms with Crippen LogP contribution in [-0.4, -0.2) is 11.6 Å². The SMILES string of the molecule is O=C(NN=C1CCCCc2ccccc21)c1ccc(COc2ccccc2-c2ccccc2)cc1. The molecule has 0 aromatic heterocycles. The lowest BCUT2D eigenvalue weighted by molar-refractivity contribution is 0.0954. The largest absolute Gasteiger partial charge is 0.488 e. The van der Waals surface area contributed by atoms with Crippen LogP contribution in [0, 0.1) is 0 Å². The van der Waals surface area contributed by atoms with Gasteiger partial charge in [-0.2, -0.15) is 5.10 Å². The molecule has 4 nitrogen and oxygen atoms in total. The van der Waals surface area contributed by atoms with E-state index in [2.05, 4.69) is 46.9 Å². The van der Waals surface area contributed by atoms with Gasteiger partial charge in [-0.05, 0) is 60.6 Å². The summed E-state index contributed by atoms with van der Waals surface area (Å²) in [5.41, 5.74) is 9.90. The van der Waals surface area contributed by atoms with E-state index in [1.54, 1.807) is 0 Å². The summed E-state index contributed by atoms with van der Waals surface area (Å²) in [5, 5.41) is 4.49. The highest BCUT2D eigenvalue weighted by atomic mass is 16.5. The van der Waals surface area contributed by atoms with E-state index >= 15 is 0 Å². The first-order valence-electron chi connectivity index (χ1n) is 12.1. The van der Waals surface area contributed by atoms with Gasteiger partial charge in [0.1, 0.15) is 12.4 Å². The first kappa shape index (κ1) is 22.6. The zero-order valence-corrected chi connectivity index (χ0v) is 19.6. The van der Waals surface area contributed by atoms with Gasteiger partial charge in [0.2, 0.25) is 0 Å². The summed E-state index contributed by atoms with van der Waals surface area (Å²) in [6, 6.07) is 34.1. The van der Waals surface area contributed by atoms with Gasteiger partial charge in [0.15, 0.2) is 0 Å². The van der Waals surface area contributed by atoms with Crippen LogP contribution in [0.2, 0.25) is 0 Å². The highest BCUT2D eigenvalue weighted by molar-refractivity contribution is 6.03. The molecule has 0 unspecified atom stereocenters. The van der Waals surface area contributed by atoms with Crippen LogP contribution >= 0.6 is 0 Å². The predicted molar refractivity (Wildman–Crippen MR) is 141 cm³/mol. The van der Waals surface area contributed by atoms with E-state index in [0.29, 0.717) is 12.2 Å². The number of carbonyl (C=O) groups is 1. The summed E-state index contributed by atoms with van der Waals surface area (Å²) in [4.78, 5) is 12.7. The maximum atomic E-state index is 12.7. The number of benzene rings is 4. The molecule has 1 aliphatic carbocycles. The molecule has 174 valence electrons. The Morgan fingerprint density at radius 3 is 2.26 bits per heavy atom. The summed E-state index contributed by atoms with van der Waals surface area (Å²) in [7, 11) is 0. The van der Waals surface area contributed by atoms with Gasteiger partial charge in [-0.25, -0.2) is 5.43 Å². The van der Waals surface area contributed by atoms with Crippen molar-refractivity contribution in [2.75, 3.05) is 0 Å². The minimum Gasteiger partial charge on any atom is -0.488 e. The highest BCUT2D eigenvalue weighted by Gasteiger charge is 2.14. The summed E-state index contributed by atoms with van der Waals surface area (Å²) in [6.45, 7) is 0.421. The van der Waals surface area contributed by atoms with Crippen LogP contribution in [0.25, 0.3) is 11.1 Å². The van der Waals surface area contributed by atoms with Crippen molar-refractivity contribution in [3.63, 3.8) is 0 Å². The molecule has 0 atom stereocenters. The first-order chi connectivity index (χ1) is 17.3. The zero-order valence-electron chi connectivity index (χ0n) is 19.6. The van der Waals surface area contributed by atoms with Crippen molar-refractivity contribution in [1.82, 2.24) is 5.43 Å². The van der Waals surface area contributed by atoms with Crippen molar-refractivity contribution in [2.24, 2.45) is 5.10 Å². The number of para-hydroxylation sites is 1. The Kier molecular flexibility index (Phi) is 7.00. The standard InChI is InChI=1S/C31H28N2O2/c34-31(33-32-29-16-8-5-13-24-12-4-6-14-27(24)29)26-20-18-23(19-21-26)22-35-30-17-9-7-15-28(30)25-10-2-1-3-11-25/h1-4,6-7,9-12,14-15,17-21H,5,8,13,16,22H2,(H,33,34). The molecule has 0 radical (unpaired) electrons. The third kappa shape index (κ3) is 5.49. The van der Waals surface area contributed by atoms with Crippen LogP contribution in [0.3, 0.4) is 0 Å². The van der Waals surface area contributed by atoms with E-state index in [1.165, 1.54) is 5.56 Å². The number of nitrogens with one attached hydrogen (secondary N) is 1. The molecule has 4 aromatic rings. The average molecular weight is 461 g/mol. The molecule has 0 saturated carbocycles. The molecule has 0 spiro atoms. The van der Waals surface area contributed by atoms with Gasteiger partial charge < -0.3 is 4.74 Å². The van der Waals surface area contributed by atoms with Crippen LogP contribution < -0.4 is 10.2 Å². The number of ether oxygens (including phenoxy) is 1. The van der Waals surface area contributed by atoms with E-state index < -0.39 is 0 Å². The van der Waals surface area contributed by atoms with Gasteiger partial charge in [-0.15, -0.1) is 0 Å². The molecule has 4 heteroatoms. The molecular weight excluding hydrogens is 432 g/mol. The van der Waals surface area contributed by atoms with Gasteiger partial charge in [0, 0.05) is 16.7 Å². The number of hydrogen-bond donors (Lipinski definition) is 1. The zero-order chi connectivity index (χ0) is 23.9. The maximum absolute atomic E-state index is 12.7. The molecule has 1 N–H and O–H groups in total. The van der Waals surface area contributed by atoms with E-state index in [4.69, 9.17) is 4.74 Å². The number of hydrazone groups is 1. The monoisotopic (exact) mass is 460 g/mol. The molecule has 0 saturated heterocycles. The summed E-state index contributed by atoms with van der Waals surface area (Å²) >= 11 is 0. The predicted octanol–water partition coefficient (Wildman–Crippen LogP) is 6.79. The molecular formula is C31H28N2O2. The van der Waals surface area contributed by atoms with Crippen molar-refractivity contribution in [3.05, 3.63) is 125 Å². The Balaban J connectivity index is 1.23. The van der Waals surface area contributed by atoms with Crippen LogP contribution in [0.15, 0.2) is 108 Å².